The van der Waals surface area contributed by atoms with E-state index in [0.717, 1.165) is 5.57 Å². The third kappa shape index (κ3) is 8.15. The number of hydrogen-bond acceptors (Lipinski definition) is 10. The molecule has 0 radical (unpaired) electrons. The molecule has 40 heavy (non-hydrogen) atoms. The molecule has 0 aromatic heterocycles. The van der Waals surface area contributed by atoms with Crippen molar-refractivity contribution in [3.05, 3.63) is 46.0 Å². The molecule has 1 aliphatic heterocycles. The monoisotopic (exact) mass is 564 g/mol. The Morgan fingerprint density at radius 2 is 1.85 bits per heavy atom. The SMILES string of the molecule is COC1C(OC(=O)NC(C)(C)COC(=O)Oc2ccc([N+](=O)[O-])cc2)CC[C@]2(CO2)C1C(C)(C)OCC=C(C)C. The number of carbonyl (C=O) groups is 2. The summed E-state index contributed by atoms with van der Waals surface area (Å²) in [5.41, 5.74) is -0.953. The summed E-state index contributed by atoms with van der Waals surface area (Å²) in [6, 6.07) is 4.99. The molecule has 12 nitrogen and oxygen atoms in total. The fraction of sp³-hybridized carbons (Fsp3) is 0.643. The van der Waals surface area contributed by atoms with Crippen molar-refractivity contribution in [2.75, 3.05) is 26.9 Å². The number of carbonyl (C=O) groups excluding carboxylic acids is 2. The Bertz CT molecular complexity index is 1090. The number of allylic oxidation sites excluding steroid dienone is 1. The molecule has 3 unspecified atom stereocenters. The number of nitro benzene ring substituents is 1. The van der Waals surface area contributed by atoms with Gasteiger partial charge in [0.2, 0.25) is 0 Å². The molecule has 2 aliphatic rings. The molecule has 4 atom stereocenters. The number of non-ortho nitro benzene ring substituents is 1. The summed E-state index contributed by atoms with van der Waals surface area (Å²) < 4.78 is 34.1. The Morgan fingerprint density at radius 1 is 1.20 bits per heavy atom. The zero-order valence-corrected chi connectivity index (χ0v) is 24.2. The van der Waals surface area contributed by atoms with Gasteiger partial charge in [0.25, 0.3) is 5.69 Å². The maximum Gasteiger partial charge on any atom is 0.513 e. The van der Waals surface area contributed by atoms with Gasteiger partial charge in [-0.25, -0.2) is 9.59 Å². The summed E-state index contributed by atoms with van der Waals surface area (Å²) in [6.45, 7) is 12.2. The van der Waals surface area contributed by atoms with Gasteiger partial charge >= 0.3 is 12.2 Å². The molecule has 1 saturated carbocycles. The van der Waals surface area contributed by atoms with Gasteiger partial charge in [0.05, 0.1) is 34.9 Å². The fourth-order valence-electron chi connectivity index (χ4n) is 5.07. The van der Waals surface area contributed by atoms with Crippen LogP contribution >= 0.6 is 0 Å². The predicted octanol–water partition coefficient (Wildman–Crippen LogP) is 4.94. The molecule has 1 aromatic carbocycles. The fourth-order valence-corrected chi connectivity index (χ4v) is 5.07. The number of benzene rings is 1. The summed E-state index contributed by atoms with van der Waals surface area (Å²) in [5.74, 6) is -0.0870. The van der Waals surface area contributed by atoms with Crippen LogP contribution in [-0.4, -0.2) is 73.1 Å². The highest BCUT2D eigenvalue weighted by molar-refractivity contribution is 5.69. The average molecular weight is 565 g/mol. The number of epoxide rings is 1. The Labute approximate surface area is 234 Å². The summed E-state index contributed by atoms with van der Waals surface area (Å²) in [6.07, 6.45) is 0.576. The molecule has 12 heteroatoms. The smallest absolute Gasteiger partial charge is 0.443 e. The van der Waals surface area contributed by atoms with E-state index in [9.17, 15) is 19.7 Å². The van der Waals surface area contributed by atoms with Crippen LogP contribution in [0.2, 0.25) is 0 Å². The lowest BCUT2D eigenvalue weighted by Gasteiger charge is -2.47. The number of nitrogens with zero attached hydrogens (tertiary/aromatic N) is 1. The first kappa shape index (κ1) is 31.3. The average Bonchev–Trinajstić information content (AvgIpc) is 3.62. The highest BCUT2D eigenvalue weighted by Crippen LogP contribution is 2.52. The van der Waals surface area contributed by atoms with E-state index in [-0.39, 0.29) is 29.6 Å². The lowest BCUT2D eigenvalue weighted by atomic mass is 9.68. The van der Waals surface area contributed by atoms with E-state index in [1.54, 1.807) is 21.0 Å². The summed E-state index contributed by atoms with van der Waals surface area (Å²) in [5, 5.41) is 13.5. The van der Waals surface area contributed by atoms with Crippen molar-refractivity contribution >= 4 is 17.9 Å². The quantitative estimate of drug-likeness (QED) is 0.0978. The minimum absolute atomic E-state index is 0.0865. The Morgan fingerprint density at radius 3 is 2.40 bits per heavy atom. The van der Waals surface area contributed by atoms with Crippen LogP contribution in [0.3, 0.4) is 0 Å². The lowest BCUT2D eigenvalue weighted by molar-refractivity contribution is -0.384. The van der Waals surface area contributed by atoms with E-state index in [1.807, 2.05) is 33.8 Å². The van der Waals surface area contributed by atoms with Crippen molar-refractivity contribution in [2.45, 2.75) is 83.3 Å². The van der Waals surface area contributed by atoms with Crippen LogP contribution in [0, 0.1) is 16.0 Å². The maximum atomic E-state index is 12.9. The van der Waals surface area contributed by atoms with Gasteiger partial charge in [-0.1, -0.05) is 11.6 Å². The second-order valence-corrected chi connectivity index (χ2v) is 11.6. The number of rotatable bonds is 11. The molecule has 0 bridgehead atoms. The van der Waals surface area contributed by atoms with Gasteiger partial charge in [0.1, 0.15) is 24.6 Å². The van der Waals surface area contributed by atoms with Crippen LogP contribution in [-0.2, 0) is 23.7 Å². The molecule has 1 amide bonds. The predicted molar refractivity (Wildman–Crippen MR) is 144 cm³/mol. The molecule has 2 fully saturated rings. The van der Waals surface area contributed by atoms with Gasteiger partial charge < -0.3 is 33.7 Å². The van der Waals surface area contributed by atoms with E-state index in [0.29, 0.717) is 26.1 Å². The van der Waals surface area contributed by atoms with Gasteiger partial charge in [0.15, 0.2) is 0 Å². The van der Waals surface area contributed by atoms with E-state index in [4.69, 9.17) is 28.4 Å². The summed E-state index contributed by atoms with van der Waals surface area (Å²) >= 11 is 0. The van der Waals surface area contributed by atoms with Crippen molar-refractivity contribution < 1.29 is 42.9 Å². The number of ether oxygens (including phenoxy) is 6. The molecule has 1 spiro atoms. The molecule has 1 saturated heterocycles. The molecule has 3 rings (SSSR count). The van der Waals surface area contributed by atoms with Crippen LogP contribution < -0.4 is 10.1 Å². The number of hydrogen-bond donors (Lipinski definition) is 1. The van der Waals surface area contributed by atoms with Crippen molar-refractivity contribution in [1.82, 2.24) is 5.32 Å². The number of nitrogens with one attached hydrogen (secondary N) is 1. The molecule has 1 aromatic rings. The molecule has 222 valence electrons. The first-order chi connectivity index (χ1) is 18.7. The van der Waals surface area contributed by atoms with Crippen LogP contribution in [0.4, 0.5) is 15.3 Å². The number of methoxy groups -OCH3 is 1. The topological polar surface area (TPSA) is 148 Å². The largest absolute Gasteiger partial charge is 0.513 e. The van der Waals surface area contributed by atoms with Crippen LogP contribution in [0.5, 0.6) is 5.75 Å². The highest BCUT2D eigenvalue weighted by Gasteiger charge is 2.64. The van der Waals surface area contributed by atoms with Gasteiger partial charge in [-0.05, 0) is 66.5 Å². The van der Waals surface area contributed by atoms with Crippen molar-refractivity contribution in [3.63, 3.8) is 0 Å². The maximum absolute atomic E-state index is 12.9. The first-order valence-corrected chi connectivity index (χ1v) is 13.2. The minimum Gasteiger partial charge on any atom is -0.443 e. The minimum atomic E-state index is -1.02. The van der Waals surface area contributed by atoms with Crippen molar-refractivity contribution in [3.8, 4) is 5.75 Å². The molecule has 1 heterocycles. The van der Waals surface area contributed by atoms with E-state index in [2.05, 4.69) is 5.32 Å². The Balaban J connectivity index is 1.56. The Hall–Kier alpha value is -3.22. The van der Waals surface area contributed by atoms with Gasteiger partial charge in [-0.15, -0.1) is 0 Å². The van der Waals surface area contributed by atoms with Gasteiger partial charge in [-0.2, -0.15) is 0 Å². The first-order valence-electron chi connectivity index (χ1n) is 13.2. The third-order valence-electron chi connectivity index (χ3n) is 7.10. The van der Waals surface area contributed by atoms with E-state index in [1.165, 1.54) is 24.3 Å². The Kier molecular flexibility index (Phi) is 9.81. The zero-order valence-electron chi connectivity index (χ0n) is 24.2. The second-order valence-electron chi connectivity index (χ2n) is 11.6. The standard InChI is InChI=1S/C28H40N2O10/c1-18(2)13-15-37-27(5,6)23-22(35-7)21(12-14-28(23)17-38-28)40-24(31)29-26(3,4)16-36-25(32)39-20-10-8-19(9-11-20)30(33)34/h8-11,13,21-23H,12,14-17H2,1-7H3,(H,29,31)/t21?,22?,23?,28-/m0/s1. The summed E-state index contributed by atoms with van der Waals surface area (Å²) in [4.78, 5) is 35.2. The number of nitro groups is 1. The van der Waals surface area contributed by atoms with Gasteiger partial charge in [-0.3, -0.25) is 10.1 Å². The molecule has 1 aliphatic carbocycles. The van der Waals surface area contributed by atoms with E-state index >= 15 is 0 Å². The number of alkyl carbamates (subject to hydrolysis) is 1. The van der Waals surface area contributed by atoms with Crippen LogP contribution in [0.15, 0.2) is 35.9 Å². The van der Waals surface area contributed by atoms with Crippen molar-refractivity contribution in [1.29, 1.82) is 0 Å². The summed E-state index contributed by atoms with van der Waals surface area (Å²) in [7, 11) is 1.59. The highest BCUT2D eigenvalue weighted by atomic mass is 16.7. The number of amides is 1. The van der Waals surface area contributed by atoms with Gasteiger partial charge in [0, 0.05) is 25.2 Å². The molecular weight excluding hydrogens is 524 g/mol. The second kappa shape index (κ2) is 12.5. The molecule has 1 N–H and O–H groups in total. The van der Waals surface area contributed by atoms with Crippen LogP contribution in [0.25, 0.3) is 0 Å². The third-order valence-corrected chi connectivity index (χ3v) is 7.10. The van der Waals surface area contributed by atoms with Crippen LogP contribution in [0.1, 0.15) is 54.4 Å². The lowest BCUT2D eigenvalue weighted by Crippen LogP contribution is -2.59. The van der Waals surface area contributed by atoms with E-state index < -0.39 is 40.5 Å². The van der Waals surface area contributed by atoms with Crippen molar-refractivity contribution in [2.24, 2.45) is 5.92 Å². The zero-order chi connectivity index (χ0) is 29.7. The molecular formula is C28H40N2O10. The normalized spacial score (nSPS) is 24.1.